The quantitative estimate of drug-likeness (QED) is 0.578. The van der Waals surface area contributed by atoms with Gasteiger partial charge in [0.25, 0.3) is 5.91 Å². The van der Waals surface area contributed by atoms with Gasteiger partial charge in [-0.15, -0.1) is 0 Å². The molecule has 0 bridgehead atoms. The first-order chi connectivity index (χ1) is 11.6. The van der Waals surface area contributed by atoms with Gasteiger partial charge in [0.2, 0.25) is 0 Å². The third-order valence-corrected chi connectivity index (χ3v) is 5.03. The molecule has 0 aliphatic heterocycles. The lowest BCUT2D eigenvalue weighted by Crippen LogP contribution is -2.12. The van der Waals surface area contributed by atoms with Crippen molar-refractivity contribution in [2.75, 3.05) is 5.32 Å². The number of aromatic nitrogens is 2. The number of rotatable bonds is 2. The Kier molecular flexibility index (Phi) is 3.50. The first-order valence-corrected chi connectivity index (χ1v) is 8.47. The smallest absolute Gasteiger partial charge is 0.258 e. The summed E-state index contributed by atoms with van der Waals surface area (Å²) >= 11 is 1.46. The maximum absolute atomic E-state index is 12.7. The highest BCUT2D eigenvalue weighted by molar-refractivity contribution is 7.22. The van der Waals surface area contributed by atoms with E-state index < -0.39 is 0 Å². The van der Waals surface area contributed by atoms with Gasteiger partial charge < -0.3 is 0 Å². The summed E-state index contributed by atoms with van der Waals surface area (Å²) in [6, 6.07) is 15.6. The maximum Gasteiger partial charge on any atom is 0.258 e. The molecule has 1 amide bonds. The zero-order valence-corrected chi connectivity index (χ0v) is 14.1. The molecule has 2 aromatic carbocycles. The topological polar surface area (TPSA) is 54.9 Å². The van der Waals surface area contributed by atoms with Gasteiger partial charge in [-0.2, -0.15) is 4.98 Å². The standard InChI is InChI=1S/C19H15N3OS/c1-11-10-12(2)20-17-16(11)24-19(21-17)22-18(23)15-9-5-7-13-6-3-4-8-14(13)15/h3-10H,1-2H3,(H,20,21,22,23). The molecule has 0 saturated carbocycles. The monoisotopic (exact) mass is 333 g/mol. The van der Waals surface area contributed by atoms with Crippen LogP contribution >= 0.6 is 11.3 Å². The van der Waals surface area contributed by atoms with E-state index in [1.165, 1.54) is 11.3 Å². The van der Waals surface area contributed by atoms with Gasteiger partial charge in [0.1, 0.15) is 0 Å². The SMILES string of the molecule is Cc1cc(C)c2sc(NC(=O)c3cccc4ccccc34)nc2n1. The Morgan fingerprint density at radius 1 is 1.04 bits per heavy atom. The fourth-order valence-corrected chi connectivity index (χ4v) is 3.74. The number of pyridine rings is 1. The van der Waals surface area contributed by atoms with E-state index in [1.807, 2.05) is 62.4 Å². The molecule has 4 aromatic rings. The predicted molar refractivity (Wildman–Crippen MR) is 98.8 cm³/mol. The van der Waals surface area contributed by atoms with E-state index in [0.29, 0.717) is 16.3 Å². The third kappa shape index (κ3) is 2.53. The molecule has 2 aromatic heterocycles. The third-order valence-electron chi connectivity index (χ3n) is 3.93. The second-order valence-corrected chi connectivity index (χ2v) is 6.73. The highest BCUT2D eigenvalue weighted by atomic mass is 32.1. The lowest BCUT2D eigenvalue weighted by molar-refractivity contribution is 0.102. The van der Waals surface area contributed by atoms with Crippen molar-refractivity contribution in [3.05, 3.63) is 65.4 Å². The first-order valence-electron chi connectivity index (χ1n) is 7.66. The number of amides is 1. The fraction of sp³-hybridized carbons (Fsp3) is 0.105. The molecule has 0 fully saturated rings. The molecular weight excluding hydrogens is 318 g/mol. The van der Waals surface area contributed by atoms with Gasteiger partial charge in [-0.05, 0) is 42.3 Å². The van der Waals surface area contributed by atoms with Gasteiger partial charge in [0.15, 0.2) is 10.8 Å². The Hall–Kier alpha value is -2.79. The molecule has 0 saturated heterocycles. The van der Waals surface area contributed by atoms with Crippen LogP contribution in [0.4, 0.5) is 5.13 Å². The molecule has 4 rings (SSSR count). The van der Waals surface area contributed by atoms with E-state index in [4.69, 9.17) is 0 Å². The number of hydrogen-bond donors (Lipinski definition) is 1. The molecular formula is C19H15N3OS. The van der Waals surface area contributed by atoms with Crippen molar-refractivity contribution in [1.29, 1.82) is 0 Å². The first kappa shape index (κ1) is 14.8. The van der Waals surface area contributed by atoms with Crippen molar-refractivity contribution in [2.24, 2.45) is 0 Å². The van der Waals surface area contributed by atoms with Crippen LogP contribution in [0.15, 0.2) is 48.5 Å². The van der Waals surface area contributed by atoms with E-state index in [0.717, 1.165) is 26.7 Å². The van der Waals surface area contributed by atoms with Crippen molar-refractivity contribution in [2.45, 2.75) is 13.8 Å². The average Bonchev–Trinajstić information content (AvgIpc) is 2.97. The summed E-state index contributed by atoms with van der Waals surface area (Å²) in [5.74, 6) is -0.153. The number of nitrogens with zero attached hydrogens (tertiary/aromatic N) is 2. The van der Waals surface area contributed by atoms with Crippen molar-refractivity contribution in [1.82, 2.24) is 9.97 Å². The Balaban J connectivity index is 1.72. The molecule has 4 nitrogen and oxygen atoms in total. The van der Waals surface area contributed by atoms with Crippen molar-refractivity contribution in [3.63, 3.8) is 0 Å². The van der Waals surface area contributed by atoms with E-state index >= 15 is 0 Å². The van der Waals surface area contributed by atoms with E-state index in [9.17, 15) is 4.79 Å². The maximum atomic E-state index is 12.7. The lowest BCUT2D eigenvalue weighted by Gasteiger charge is -2.05. The minimum absolute atomic E-state index is 0.153. The second kappa shape index (κ2) is 5.69. The Labute approximate surface area is 143 Å². The number of aryl methyl sites for hydroxylation is 2. The van der Waals surface area contributed by atoms with Crippen LogP contribution in [0, 0.1) is 13.8 Å². The molecule has 118 valence electrons. The molecule has 0 radical (unpaired) electrons. The molecule has 0 atom stereocenters. The van der Waals surface area contributed by atoms with Crippen molar-refractivity contribution < 1.29 is 4.79 Å². The van der Waals surface area contributed by atoms with E-state index in [2.05, 4.69) is 15.3 Å². The number of fused-ring (bicyclic) bond motifs is 2. The van der Waals surface area contributed by atoms with Crippen molar-refractivity contribution >= 4 is 43.5 Å². The number of anilines is 1. The van der Waals surface area contributed by atoms with Crippen LogP contribution in [-0.2, 0) is 0 Å². The molecule has 0 aliphatic rings. The average molecular weight is 333 g/mol. The number of carbonyl (C=O) groups excluding carboxylic acids is 1. The number of hydrogen-bond acceptors (Lipinski definition) is 4. The molecule has 0 aliphatic carbocycles. The number of nitrogens with one attached hydrogen (secondary N) is 1. The summed E-state index contributed by atoms with van der Waals surface area (Å²) in [6.07, 6.45) is 0. The Morgan fingerprint density at radius 3 is 2.71 bits per heavy atom. The fourth-order valence-electron chi connectivity index (χ4n) is 2.86. The van der Waals surface area contributed by atoms with Crippen LogP contribution in [0.1, 0.15) is 21.6 Å². The minimum atomic E-state index is -0.153. The normalized spacial score (nSPS) is 11.1. The van der Waals surface area contributed by atoms with Gasteiger partial charge in [-0.25, -0.2) is 4.98 Å². The molecule has 1 N–H and O–H groups in total. The van der Waals surface area contributed by atoms with Crippen LogP contribution in [0.2, 0.25) is 0 Å². The summed E-state index contributed by atoms with van der Waals surface area (Å²) in [5.41, 5.74) is 3.39. The largest absolute Gasteiger partial charge is 0.298 e. The van der Waals surface area contributed by atoms with Gasteiger partial charge in [0.05, 0.1) is 4.70 Å². The van der Waals surface area contributed by atoms with Crippen LogP contribution < -0.4 is 5.32 Å². The van der Waals surface area contributed by atoms with E-state index in [1.54, 1.807) is 0 Å². The molecule has 2 heterocycles. The summed E-state index contributed by atoms with van der Waals surface area (Å²) in [5, 5.41) is 5.47. The van der Waals surface area contributed by atoms with Gasteiger partial charge >= 0.3 is 0 Å². The minimum Gasteiger partial charge on any atom is -0.298 e. The lowest BCUT2D eigenvalue weighted by atomic mass is 10.0. The summed E-state index contributed by atoms with van der Waals surface area (Å²) in [7, 11) is 0. The van der Waals surface area contributed by atoms with Gasteiger partial charge in [-0.1, -0.05) is 47.7 Å². The highest BCUT2D eigenvalue weighted by Gasteiger charge is 2.14. The summed E-state index contributed by atoms with van der Waals surface area (Å²) in [6.45, 7) is 3.98. The molecule has 24 heavy (non-hydrogen) atoms. The molecule has 0 unspecified atom stereocenters. The van der Waals surface area contributed by atoms with Gasteiger partial charge in [-0.3, -0.25) is 10.1 Å². The Bertz CT molecular complexity index is 1080. The van der Waals surface area contributed by atoms with E-state index in [-0.39, 0.29) is 5.91 Å². The van der Waals surface area contributed by atoms with Crippen LogP contribution in [0.5, 0.6) is 0 Å². The van der Waals surface area contributed by atoms with Crippen LogP contribution in [0.25, 0.3) is 21.1 Å². The van der Waals surface area contributed by atoms with Crippen LogP contribution in [0.3, 0.4) is 0 Å². The zero-order chi connectivity index (χ0) is 16.7. The molecule has 5 heteroatoms. The second-order valence-electron chi connectivity index (χ2n) is 5.73. The van der Waals surface area contributed by atoms with Gasteiger partial charge in [0, 0.05) is 11.3 Å². The van der Waals surface area contributed by atoms with Crippen molar-refractivity contribution in [3.8, 4) is 0 Å². The zero-order valence-electron chi connectivity index (χ0n) is 13.3. The summed E-state index contributed by atoms with van der Waals surface area (Å²) < 4.78 is 1.01. The highest BCUT2D eigenvalue weighted by Crippen LogP contribution is 2.29. The molecule has 0 spiro atoms. The Morgan fingerprint density at radius 2 is 1.83 bits per heavy atom. The number of carbonyl (C=O) groups is 1. The predicted octanol–water partition coefficient (Wildman–Crippen LogP) is 4.71. The van der Waals surface area contributed by atoms with Crippen LogP contribution in [-0.4, -0.2) is 15.9 Å². The number of benzene rings is 2. The summed E-state index contributed by atoms with van der Waals surface area (Å²) in [4.78, 5) is 21.6. The number of thiazole rings is 1.